The van der Waals surface area contributed by atoms with Gasteiger partial charge < -0.3 is 19.5 Å². The van der Waals surface area contributed by atoms with Crippen LogP contribution >= 0.6 is 0 Å². The first-order valence-corrected chi connectivity index (χ1v) is 9.26. The number of pyridine rings is 2. The van der Waals surface area contributed by atoms with Crippen molar-refractivity contribution in [1.29, 1.82) is 0 Å². The Morgan fingerprint density at radius 2 is 1.67 bits per heavy atom. The van der Waals surface area contributed by atoms with E-state index in [4.69, 9.17) is 14.2 Å². The van der Waals surface area contributed by atoms with Crippen molar-refractivity contribution in [1.82, 2.24) is 15.3 Å². The van der Waals surface area contributed by atoms with Crippen LogP contribution in [0.2, 0.25) is 0 Å². The molecule has 30 heavy (non-hydrogen) atoms. The van der Waals surface area contributed by atoms with Crippen molar-refractivity contribution in [2.24, 2.45) is 0 Å². The molecule has 1 N–H and O–H groups in total. The Morgan fingerprint density at radius 3 is 2.30 bits per heavy atom. The van der Waals surface area contributed by atoms with Gasteiger partial charge in [0.15, 0.2) is 11.5 Å². The highest BCUT2D eigenvalue weighted by molar-refractivity contribution is 5.91. The Bertz CT molecular complexity index is 1010. The third kappa shape index (κ3) is 5.14. The maximum absolute atomic E-state index is 12.3. The Hall–Kier alpha value is -3.87. The van der Waals surface area contributed by atoms with Crippen LogP contribution in [-0.4, -0.2) is 37.2 Å². The van der Waals surface area contributed by atoms with Gasteiger partial charge in [0, 0.05) is 36.8 Å². The third-order valence-corrected chi connectivity index (χ3v) is 4.38. The van der Waals surface area contributed by atoms with Crippen LogP contribution in [0.4, 0.5) is 0 Å². The maximum atomic E-state index is 12.3. The normalized spacial score (nSPS) is 10.6. The summed E-state index contributed by atoms with van der Waals surface area (Å²) >= 11 is 0. The van der Waals surface area contributed by atoms with Crippen LogP contribution in [0.15, 0.2) is 61.1 Å². The Balaban J connectivity index is 1.66. The molecule has 1 aromatic carbocycles. The largest absolute Gasteiger partial charge is 0.493 e. The maximum Gasteiger partial charge on any atom is 0.244 e. The highest BCUT2D eigenvalue weighted by Gasteiger charge is 2.12. The van der Waals surface area contributed by atoms with Gasteiger partial charge in [-0.3, -0.25) is 14.8 Å². The molecule has 2 heterocycles. The minimum atomic E-state index is -0.217. The zero-order chi connectivity index (χ0) is 21.3. The van der Waals surface area contributed by atoms with E-state index >= 15 is 0 Å². The first-order valence-electron chi connectivity index (χ1n) is 9.26. The molecule has 0 spiro atoms. The quantitative estimate of drug-likeness (QED) is 0.578. The lowest BCUT2D eigenvalue weighted by molar-refractivity contribution is -0.116. The molecule has 1 amide bonds. The van der Waals surface area contributed by atoms with Crippen LogP contribution in [0.3, 0.4) is 0 Å². The number of carbonyl (C=O) groups excluding carboxylic acids is 1. The molecule has 0 aliphatic carbocycles. The van der Waals surface area contributed by atoms with Gasteiger partial charge in [0.1, 0.15) is 0 Å². The lowest BCUT2D eigenvalue weighted by Gasteiger charge is -2.12. The van der Waals surface area contributed by atoms with E-state index in [1.807, 2.05) is 24.3 Å². The van der Waals surface area contributed by atoms with Gasteiger partial charge in [-0.15, -0.1) is 0 Å². The molecule has 3 aromatic rings. The molecule has 0 radical (unpaired) electrons. The smallest absolute Gasteiger partial charge is 0.244 e. The van der Waals surface area contributed by atoms with Crippen LogP contribution < -0.4 is 19.5 Å². The van der Waals surface area contributed by atoms with Crippen LogP contribution in [0.25, 0.3) is 17.3 Å². The fourth-order valence-electron chi connectivity index (χ4n) is 2.88. The van der Waals surface area contributed by atoms with E-state index in [1.54, 1.807) is 58.1 Å². The molecule has 2 aromatic heterocycles. The second kappa shape index (κ2) is 10.1. The van der Waals surface area contributed by atoms with E-state index < -0.39 is 0 Å². The Morgan fingerprint density at radius 1 is 0.967 bits per heavy atom. The number of hydrogen-bond donors (Lipinski definition) is 1. The van der Waals surface area contributed by atoms with Gasteiger partial charge in [0.25, 0.3) is 0 Å². The van der Waals surface area contributed by atoms with Crippen LogP contribution in [0, 0.1) is 0 Å². The average Bonchev–Trinajstić information content (AvgIpc) is 2.81. The summed E-state index contributed by atoms with van der Waals surface area (Å²) in [5, 5.41) is 2.87. The van der Waals surface area contributed by atoms with E-state index in [0.717, 1.165) is 22.4 Å². The summed E-state index contributed by atoms with van der Waals surface area (Å²) in [5.41, 5.74) is 3.51. The number of amides is 1. The van der Waals surface area contributed by atoms with Crippen LogP contribution in [-0.2, 0) is 11.3 Å². The summed E-state index contributed by atoms with van der Waals surface area (Å²) in [7, 11) is 4.64. The highest BCUT2D eigenvalue weighted by Crippen LogP contribution is 2.38. The summed E-state index contributed by atoms with van der Waals surface area (Å²) in [4.78, 5) is 20.7. The first-order chi connectivity index (χ1) is 14.6. The summed E-state index contributed by atoms with van der Waals surface area (Å²) in [5.74, 6) is 1.34. The lowest BCUT2D eigenvalue weighted by Crippen LogP contribution is -2.20. The SMILES string of the molecule is COc1cc(/C=C/C(=O)NCc2ccnc(-c3ccncc3)c2)cc(OC)c1OC. The molecule has 0 aliphatic heterocycles. The highest BCUT2D eigenvalue weighted by atomic mass is 16.5. The van der Waals surface area contributed by atoms with Crippen LogP contribution in [0.1, 0.15) is 11.1 Å². The molecular weight excluding hydrogens is 382 g/mol. The molecule has 154 valence electrons. The second-order valence-electron chi connectivity index (χ2n) is 6.30. The minimum Gasteiger partial charge on any atom is -0.493 e. The van der Waals surface area contributed by atoms with E-state index in [-0.39, 0.29) is 5.91 Å². The van der Waals surface area contributed by atoms with Crippen molar-refractivity contribution < 1.29 is 19.0 Å². The molecule has 0 fully saturated rings. The van der Waals surface area contributed by atoms with E-state index in [9.17, 15) is 4.79 Å². The zero-order valence-electron chi connectivity index (χ0n) is 17.1. The zero-order valence-corrected chi connectivity index (χ0v) is 17.1. The molecule has 0 saturated heterocycles. The van der Waals surface area contributed by atoms with Crippen molar-refractivity contribution >= 4 is 12.0 Å². The second-order valence-corrected chi connectivity index (χ2v) is 6.30. The number of nitrogens with zero attached hydrogens (tertiary/aromatic N) is 2. The lowest BCUT2D eigenvalue weighted by atomic mass is 10.1. The van der Waals surface area contributed by atoms with Gasteiger partial charge in [0.05, 0.1) is 27.0 Å². The topological polar surface area (TPSA) is 82.6 Å². The fourth-order valence-corrected chi connectivity index (χ4v) is 2.88. The average molecular weight is 405 g/mol. The number of ether oxygens (including phenoxy) is 3. The molecule has 7 heteroatoms. The van der Waals surface area contributed by atoms with Crippen molar-refractivity contribution in [2.45, 2.75) is 6.54 Å². The number of rotatable bonds is 8. The monoisotopic (exact) mass is 405 g/mol. The van der Waals surface area contributed by atoms with Gasteiger partial charge in [-0.25, -0.2) is 0 Å². The number of methoxy groups -OCH3 is 3. The van der Waals surface area contributed by atoms with Crippen LogP contribution in [0.5, 0.6) is 17.2 Å². The number of hydrogen-bond acceptors (Lipinski definition) is 6. The molecule has 0 atom stereocenters. The molecule has 3 rings (SSSR count). The summed E-state index contributed by atoms with van der Waals surface area (Å²) in [6.07, 6.45) is 8.32. The number of carbonyl (C=O) groups is 1. The van der Waals surface area contributed by atoms with Gasteiger partial charge in [-0.1, -0.05) is 0 Å². The predicted octanol–water partition coefficient (Wildman–Crippen LogP) is 3.50. The molecule has 0 saturated carbocycles. The number of benzene rings is 1. The molecular formula is C23H23N3O4. The Kier molecular flexibility index (Phi) is 7.00. The number of aromatic nitrogens is 2. The Labute approximate surface area is 175 Å². The van der Waals surface area contributed by atoms with Gasteiger partial charge in [-0.2, -0.15) is 0 Å². The molecule has 0 bridgehead atoms. The van der Waals surface area contributed by atoms with Crippen molar-refractivity contribution in [3.05, 3.63) is 72.2 Å². The first kappa shape index (κ1) is 20.9. The summed E-state index contributed by atoms with van der Waals surface area (Å²) in [6, 6.07) is 11.1. The van der Waals surface area contributed by atoms with Gasteiger partial charge in [0.2, 0.25) is 11.7 Å². The van der Waals surface area contributed by atoms with E-state index in [0.29, 0.717) is 23.8 Å². The summed E-state index contributed by atoms with van der Waals surface area (Å²) < 4.78 is 16.0. The van der Waals surface area contributed by atoms with Gasteiger partial charge in [-0.05, 0) is 53.6 Å². The standard InChI is InChI=1S/C23H23N3O4/c1-28-20-13-16(14-21(29-2)23(20)30-3)4-5-22(27)26-15-17-6-11-25-19(12-17)18-7-9-24-10-8-18/h4-14H,15H2,1-3H3,(H,26,27)/b5-4+. The van der Waals surface area contributed by atoms with E-state index in [1.165, 1.54) is 6.08 Å². The fraction of sp³-hybridized carbons (Fsp3) is 0.174. The molecule has 7 nitrogen and oxygen atoms in total. The van der Waals surface area contributed by atoms with Crippen molar-refractivity contribution in [2.75, 3.05) is 21.3 Å². The van der Waals surface area contributed by atoms with Crippen molar-refractivity contribution in [3.63, 3.8) is 0 Å². The molecule has 0 unspecified atom stereocenters. The summed E-state index contributed by atoms with van der Waals surface area (Å²) in [6.45, 7) is 0.388. The predicted molar refractivity (Wildman–Crippen MR) is 114 cm³/mol. The van der Waals surface area contributed by atoms with Crippen molar-refractivity contribution in [3.8, 4) is 28.5 Å². The van der Waals surface area contributed by atoms with Gasteiger partial charge >= 0.3 is 0 Å². The third-order valence-electron chi connectivity index (χ3n) is 4.38. The minimum absolute atomic E-state index is 0.217. The molecule has 0 aliphatic rings. The van der Waals surface area contributed by atoms with E-state index in [2.05, 4.69) is 15.3 Å². The number of nitrogens with one attached hydrogen (secondary N) is 1.